The Balaban J connectivity index is 2.63. The molecule has 1 atom stereocenters. The highest BCUT2D eigenvalue weighted by atomic mass is 16.2. The number of carbonyl (C=O) groups excluding carboxylic acids is 2. The minimum atomic E-state index is -0.401. The van der Waals surface area contributed by atoms with Gasteiger partial charge in [-0.3, -0.25) is 14.5 Å². The van der Waals surface area contributed by atoms with Crippen molar-refractivity contribution in [1.29, 1.82) is 0 Å². The first-order valence-corrected chi connectivity index (χ1v) is 7.89. The summed E-state index contributed by atoms with van der Waals surface area (Å²) in [6.45, 7) is 11.8. The Kier molecular flexibility index (Phi) is 6.33. The molecule has 1 unspecified atom stereocenters. The molecule has 2 N–H and O–H groups in total. The van der Waals surface area contributed by atoms with Gasteiger partial charge in [0.1, 0.15) is 0 Å². The molecule has 0 aromatic heterocycles. The summed E-state index contributed by atoms with van der Waals surface area (Å²) >= 11 is 0. The second-order valence-electron chi connectivity index (χ2n) is 7.20. The fraction of sp³-hybridized carbons (Fsp3) is 0.556. The second-order valence-corrected chi connectivity index (χ2v) is 7.20. The number of amides is 2. The smallest absolute Gasteiger partial charge is 0.241 e. The van der Waals surface area contributed by atoms with Crippen molar-refractivity contribution in [2.75, 3.05) is 18.9 Å². The Morgan fingerprint density at radius 2 is 1.83 bits per heavy atom. The number of nitrogens with one attached hydrogen (secondary N) is 2. The molecule has 1 rings (SSSR count). The van der Waals surface area contributed by atoms with Gasteiger partial charge >= 0.3 is 0 Å². The lowest BCUT2D eigenvalue weighted by Crippen LogP contribution is -2.49. The van der Waals surface area contributed by atoms with Crippen molar-refractivity contribution in [3.8, 4) is 0 Å². The molecule has 0 bridgehead atoms. The van der Waals surface area contributed by atoms with E-state index in [1.807, 2.05) is 52.8 Å². The summed E-state index contributed by atoms with van der Waals surface area (Å²) in [6, 6.07) is 5.50. The zero-order valence-corrected chi connectivity index (χ0v) is 15.3. The molecule has 5 nitrogen and oxygen atoms in total. The van der Waals surface area contributed by atoms with Gasteiger partial charge in [0.15, 0.2) is 0 Å². The van der Waals surface area contributed by atoms with Gasteiger partial charge < -0.3 is 10.6 Å². The van der Waals surface area contributed by atoms with Crippen LogP contribution in [0.4, 0.5) is 5.69 Å². The van der Waals surface area contributed by atoms with Crippen LogP contribution in [-0.2, 0) is 9.59 Å². The van der Waals surface area contributed by atoms with Crippen molar-refractivity contribution in [2.24, 2.45) is 0 Å². The van der Waals surface area contributed by atoms with Crippen LogP contribution in [0.25, 0.3) is 0 Å². The van der Waals surface area contributed by atoms with E-state index in [0.29, 0.717) is 0 Å². The number of likely N-dealkylation sites (N-methyl/N-ethyl adjacent to an activating group) is 1. The Bertz CT molecular complexity index is 576. The lowest BCUT2D eigenvalue weighted by atomic mass is 10.1. The largest absolute Gasteiger partial charge is 0.350 e. The first kappa shape index (κ1) is 19.2. The molecular formula is C18H29N3O2. The van der Waals surface area contributed by atoms with Crippen molar-refractivity contribution in [2.45, 2.75) is 53.1 Å². The van der Waals surface area contributed by atoms with Gasteiger partial charge in [-0.2, -0.15) is 0 Å². The Labute approximate surface area is 139 Å². The molecule has 1 aromatic carbocycles. The maximum Gasteiger partial charge on any atom is 0.241 e. The summed E-state index contributed by atoms with van der Waals surface area (Å²) in [5.74, 6) is -0.214. The highest BCUT2D eigenvalue weighted by molar-refractivity contribution is 5.95. The second kappa shape index (κ2) is 7.59. The molecule has 0 heterocycles. The maximum absolute atomic E-state index is 12.4. The van der Waals surface area contributed by atoms with Crippen LogP contribution in [0.1, 0.15) is 38.8 Å². The molecule has 0 aliphatic heterocycles. The first-order chi connectivity index (χ1) is 10.5. The van der Waals surface area contributed by atoms with E-state index in [1.54, 1.807) is 18.9 Å². The predicted molar refractivity (Wildman–Crippen MR) is 94.5 cm³/mol. The van der Waals surface area contributed by atoms with Crippen LogP contribution in [0.3, 0.4) is 0 Å². The van der Waals surface area contributed by atoms with Gasteiger partial charge in [0.25, 0.3) is 0 Å². The molecule has 0 saturated heterocycles. The van der Waals surface area contributed by atoms with Gasteiger partial charge in [-0.1, -0.05) is 17.7 Å². The fourth-order valence-electron chi connectivity index (χ4n) is 2.21. The van der Waals surface area contributed by atoms with Crippen LogP contribution >= 0.6 is 0 Å². The molecular weight excluding hydrogens is 290 g/mol. The van der Waals surface area contributed by atoms with Crippen molar-refractivity contribution in [3.05, 3.63) is 29.3 Å². The summed E-state index contributed by atoms with van der Waals surface area (Å²) in [4.78, 5) is 26.1. The number of nitrogens with zero attached hydrogens (tertiary/aromatic N) is 1. The highest BCUT2D eigenvalue weighted by Gasteiger charge is 2.22. The van der Waals surface area contributed by atoms with E-state index in [-0.39, 0.29) is 23.9 Å². The molecule has 0 aliphatic rings. The third-order valence-electron chi connectivity index (χ3n) is 3.59. The predicted octanol–water partition coefficient (Wildman–Crippen LogP) is 2.48. The Morgan fingerprint density at radius 1 is 1.22 bits per heavy atom. The summed E-state index contributed by atoms with van der Waals surface area (Å²) in [5.41, 5.74) is 2.71. The van der Waals surface area contributed by atoms with E-state index in [0.717, 1.165) is 16.8 Å². The molecule has 5 heteroatoms. The van der Waals surface area contributed by atoms with Gasteiger partial charge in [-0.25, -0.2) is 0 Å². The lowest BCUT2D eigenvalue weighted by Gasteiger charge is -2.26. The van der Waals surface area contributed by atoms with E-state index in [1.165, 1.54) is 0 Å². The van der Waals surface area contributed by atoms with Gasteiger partial charge in [-0.15, -0.1) is 0 Å². The van der Waals surface area contributed by atoms with Crippen molar-refractivity contribution in [3.63, 3.8) is 0 Å². The van der Waals surface area contributed by atoms with Crippen LogP contribution in [0.15, 0.2) is 18.2 Å². The van der Waals surface area contributed by atoms with Crippen LogP contribution in [0.5, 0.6) is 0 Å². The molecule has 0 spiro atoms. The zero-order chi connectivity index (χ0) is 17.8. The van der Waals surface area contributed by atoms with Gasteiger partial charge in [0.05, 0.1) is 12.6 Å². The minimum absolute atomic E-state index is 0.0915. The van der Waals surface area contributed by atoms with E-state index in [4.69, 9.17) is 0 Å². The Hall–Kier alpha value is -1.88. The number of anilines is 1. The van der Waals surface area contributed by atoms with E-state index >= 15 is 0 Å². The molecule has 0 saturated carbocycles. The van der Waals surface area contributed by atoms with Gasteiger partial charge in [-0.05, 0) is 60.2 Å². The van der Waals surface area contributed by atoms with E-state index in [2.05, 4.69) is 10.6 Å². The standard InChI is InChI=1S/C18H29N3O2/c1-12-8-9-15(13(2)10-12)19-17(23)14(3)21(7)11-16(22)20-18(4,5)6/h8-10,14H,11H2,1-7H3,(H,19,23)(H,20,22). The molecule has 0 radical (unpaired) electrons. The summed E-state index contributed by atoms with van der Waals surface area (Å²) in [6.07, 6.45) is 0. The molecule has 23 heavy (non-hydrogen) atoms. The highest BCUT2D eigenvalue weighted by Crippen LogP contribution is 2.16. The summed E-state index contributed by atoms with van der Waals surface area (Å²) in [5, 5.41) is 5.82. The van der Waals surface area contributed by atoms with Crippen LogP contribution in [0, 0.1) is 13.8 Å². The average molecular weight is 319 g/mol. The SMILES string of the molecule is Cc1ccc(NC(=O)C(C)N(C)CC(=O)NC(C)(C)C)c(C)c1. The number of hydrogen-bond donors (Lipinski definition) is 2. The van der Waals surface area contributed by atoms with E-state index in [9.17, 15) is 9.59 Å². The third kappa shape index (κ3) is 6.40. The molecule has 128 valence electrons. The van der Waals surface area contributed by atoms with E-state index < -0.39 is 6.04 Å². The molecule has 1 aromatic rings. The fourth-order valence-corrected chi connectivity index (χ4v) is 2.21. The third-order valence-corrected chi connectivity index (χ3v) is 3.59. The number of carbonyl (C=O) groups is 2. The topological polar surface area (TPSA) is 61.4 Å². The van der Waals surface area contributed by atoms with Crippen LogP contribution in [0.2, 0.25) is 0 Å². The lowest BCUT2D eigenvalue weighted by molar-refractivity contribution is -0.125. The Morgan fingerprint density at radius 3 is 2.35 bits per heavy atom. The van der Waals surface area contributed by atoms with Gasteiger partial charge in [0, 0.05) is 11.2 Å². The molecule has 0 fully saturated rings. The first-order valence-electron chi connectivity index (χ1n) is 7.89. The monoisotopic (exact) mass is 319 g/mol. The van der Waals surface area contributed by atoms with Crippen LogP contribution < -0.4 is 10.6 Å². The quantitative estimate of drug-likeness (QED) is 0.876. The summed E-state index contributed by atoms with van der Waals surface area (Å²) in [7, 11) is 1.77. The zero-order valence-electron chi connectivity index (χ0n) is 15.3. The molecule has 0 aliphatic carbocycles. The van der Waals surface area contributed by atoms with Crippen LogP contribution in [-0.4, -0.2) is 41.9 Å². The summed E-state index contributed by atoms with van der Waals surface area (Å²) < 4.78 is 0. The minimum Gasteiger partial charge on any atom is -0.350 e. The normalized spacial score (nSPS) is 12.9. The van der Waals surface area contributed by atoms with Crippen molar-refractivity contribution in [1.82, 2.24) is 10.2 Å². The number of benzene rings is 1. The van der Waals surface area contributed by atoms with Gasteiger partial charge in [0.2, 0.25) is 11.8 Å². The van der Waals surface area contributed by atoms with Crippen molar-refractivity contribution < 1.29 is 9.59 Å². The number of aryl methyl sites for hydroxylation is 2. The maximum atomic E-state index is 12.4. The number of hydrogen-bond acceptors (Lipinski definition) is 3. The number of rotatable bonds is 5. The molecule has 2 amide bonds. The van der Waals surface area contributed by atoms with Crippen molar-refractivity contribution >= 4 is 17.5 Å². The average Bonchev–Trinajstić information content (AvgIpc) is 2.38.